The summed E-state index contributed by atoms with van der Waals surface area (Å²) < 4.78 is 56.3. The van der Waals surface area contributed by atoms with Gasteiger partial charge in [-0.2, -0.15) is 4.39 Å². The molecule has 4 heterocycles. The van der Waals surface area contributed by atoms with E-state index in [9.17, 15) is 21.2 Å². The molecule has 2 aliphatic rings. The van der Waals surface area contributed by atoms with Crippen molar-refractivity contribution in [1.29, 1.82) is 0 Å². The number of nitrogens with two attached hydrogens (primary N) is 3. The highest BCUT2D eigenvalue weighted by atomic mass is 32.2. The number of likely N-dealkylation sites (tertiary alicyclic amines) is 2. The lowest BCUT2D eigenvalue weighted by Gasteiger charge is -2.31. The average Bonchev–Trinajstić information content (AvgIpc) is 3.48. The van der Waals surface area contributed by atoms with Gasteiger partial charge in [-0.3, -0.25) is 9.80 Å². The van der Waals surface area contributed by atoms with Crippen molar-refractivity contribution in [3.8, 4) is 0 Å². The molecule has 51 heavy (non-hydrogen) atoms. The Hall–Kier alpha value is -3.83. The average molecular weight is 741 g/mol. The van der Waals surface area contributed by atoms with Crippen LogP contribution in [-0.2, 0) is 33.1 Å². The zero-order chi connectivity index (χ0) is 37.5. The summed E-state index contributed by atoms with van der Waals surface area (Å²) in [5, 5.41) is 12.6. The number of aromatic nitrogens is 2. The van der Waals surface area contributed by atoms with Crippen LogP contribution in [-0.4, -0.2) is 72.9 Å². The minimum Gasteiger partial charge on any atom is -0.366 e. The molecular weight excluding hydrogens is 692 g/mol. The number of nitrogens with one attached hydrogen (secondary N) is 1. The van der Waals surface area contributed by atoms with E-state index in [4.69, 9.17) is 10.9 Å². The van der Waals surface area contributed by atoms with Crippen LogP contribution < -0.4 is 21.3 Å². The van der Waals surface area contributed by atoms with Gasteiger partial charge in [0.25, 0.3) is 20.0 Å². The number of sulfonamides is 2. The van der Waals surface area contributed by atoms with E-state index in [1.807, 2.05) is 6.07 Å². The number of halogens is 1. The van der Waals surface area contributed by atoms with E-state index in [2.05, 4.69) is 113 Å². The Bertz CT molecular complexity index is 1950. The SMILES string of the molecule is CC1(C)CC(N)CN1Cc1ccccc1.CC1(C)CC(Nc2cccc(S(N)(=O)=O)n2)CN1Cc1ccccc1.NS(=O)(=O)c1cccc(F)n1. The number of primary sulfonamides is 2. The fourth-order valence-corrected chi connectivity index (χ4v) is 7.32. The first-order valence-electron chi connectivity index (χ1n) is 16.6. The van der Waals surface area contributed by atoms with Crippen molar-refractivity contribution in [3.05, 3.63) is 114 Å². The van der Waals surface area contributed by atoms with Crippen molar-refractivity contribution in [2.24, 2.45) is 16.0 Å². The number of nitrogens with zero attached hydrogens (tertiary/aromatic N) is 4. The number of rotatable bonds is 8. The van der Waals surface area contributed by atoms with E-state index in [1.165, 1.54) is 23.3 Å². The van der Waals surface area contributed by atoms with E-state index >= 15 is 0 Å². The highest BCUT2D eigenvalue weighted by Gasteiger charge is 2.38. The molecular formula is C36H49FN8O4S2. The third-order valence-electron chi connectivity index (χ3n) is 8.90. The normalized spacial score (nSPS) is 20.1. The third kappa shape index (κ3) is 12.1. The van der Waals surface area contributed by atoms with Gasteiger partial charge in [0.2, 0.25) is 5.95 Å². The first-order chi connectivity index (χ1) is 23.8. The lowest BCUT2D eigenvalue weighted by molar-refractivity contribution is 0.166. The Kier molecular flexibility index (Phi) is 13.1. The molecule has 4 aromatic rings. The standard InChI is InChI=1S/C18H24N4O2S.C13H20N2.C5H5FN2O2S/c1-18(2)11-15(13-22(18)12-14-7-4-3-5-8-14)20-16-9-6-10-17(21-16)25(19,23)24;1-13(2)8-12(14)10-15(13)9-11-6-4-3-5-7-11;6-4-2-1-3-5(8-4)11(7,9)10/h3-10,15H,11-13H2,1-2H3,(H,20,21)(H2,19,23,24);3-7,12H,8-10,14H2,1-2H3;1-3H,(H2,7,9,10). The van der Waals surface area contributed by atoms with Crippen LogP contribution in [0.25, 0.3) is 0 Å². The van der Waals surface area contributed by atoms with E-state index in [0.29, 0.717) is 11.9 Å². The summed E-state index contributed by atoms with van der Waals surface area (Å²) in [5.74, 6) is -0.328. The van der Waals surface area contributed by atoms with Gasteiger partial charge in [-0.1, -0.05) is 72.8 Å². The molecule has 0 spiro atoms. The van der Waals surface area contributed by atoms with Gasteiger partial charge in [-0.05, 0) is 75.9 Å². The Morgan fingerprint density at radius 2 is 1.16 bits per heavy atom. The predicted octanol–water partition coefficient (Wildman–Crippen LogP) is 4.06. The van der Waals surface area contributed by atoms with Crippen molar-refractivity contribution in [3.63, 3.8) is 0 Å². The first kappa shape index (κ1) is 39.9. The van der Waals surface area contributed by atoms with E-state index in [-0.39, 0.29) is 22.1 Å². The molecule has 6 rings (SSSR count). The second-order valence-corrected chi connectivity index (χ2v) is 17.1. The molecule has 15 heteroatoms. The molecule has 12 nitrogen and oxygen atoms in total. The Morgan fingerprint density at radius 1 is 0.686 bits per heavy atom. The van der Waals surface area contributed by atoms with Crippen LogP contribution in [0.4, 0.5) is 10.2 Å². The molecule has 2 aromatic carbocycles. The highest BCUT2D eigenvalue weighted by Crippen LogP contribution is 2.32. The lowest BCUT2D eigenvalue weighted by Crippen LogP contribution is -2.37. The smallest absolute Gasteiger partial charge is 0.255 e. The predicted molar refractivity (Wildman–Crippen MR) is 198 cm³/mol. The van der Waals surface area contributed by atoms with Gasteiger partial charge in [-0.15, -0.1) is 0 Å². The third-order valence-corrected chi connectivity index (χ3v) is 10.5. The maximum Gasteiger partial charge on any atom is 0.255 e. The van der Waals surface area contributed by atoms with Crippen molar-refractivity contribution < 1.29 is 21.2 Å². The van der Waals surface area contributed by atoms with Crippen LogP contribution in [0.3, 0.4) is 0 Å². The summed E-state index contributed by atoms with van der Waals surface area (Å²) in [5.41, 5.74) is 8.96. The monoisotopic (exact) mass is 740 g/mol. The summed E-state index contributed by atoms with van der Waals surface area (Å²) in [6, 6.07) is 29.7. The second kappa shape index (κ2) is 16.7. The molecule has 2 unspecified atom stereocenters. The minimum atomic E-state index is -3.88. The van der Waals surface area contributed by atoms with Crippen molar-refractivity contribution >= 4 is 25.9 Å². The van der Waals surface area contributed by atoms with E-state index in [0.717, 1.165) is 51.2 Å². The van der Waals surface area contributed by atoms with Crippen LogP contribution in [0.1, 0.15) is 51.7 Å². The highest BCUT2D eigenvalue weighted by molar-refractivity contribution is 7.89. The van der Waals surface area contributed by atoms with Crippen molar-refractivity contribution in [2.75, 3.05) is 18.4 Å². The van der Waals surface area contributed by atoms with Gasteiger partial charge >= 0.3 is 0 Å². The second-order valence-electron chi connectivity index (χ2n) is 14.1. The molecule has 0 amide bonds. The molecule has 2 saturated heterocycles. The number of benzene rings is 2. The Balaban J connectivity index is 0.000000190. The molecule has 2 aromatic heterocycles. The molecule has 276 valence electrons. The number of anilines is 1. The topological polar surface area (TPSA) is 191 Å². The van der Waals surface area contributed by atoms with Crippen LogP contribution in [0.5, 0.6) is 0 Å². The van der Waals surface area contributed by atoms with Crippen LogP contribution in [0.2, 0.25) is 0 Å². The molecule has 0 bridgehead atoms. The molecule has 2 aliphatic heterocycles. The van der Waals surface area contributed by atoms with Crippen LogP contribution >= 0.6 is 0 Å². The summed E-state index contributed by atoms with van der Waals surface area (Å²) in [7, 11) is -7.67. The fourth-order valence-electron chi connectivity index (χ4n) is 6.35. The van der Waals surface area contributed by atoms with Gasteiger partial charge in [0.15, 0.2) is 10.1 Å². The largest absolute Gasteiger partial charge is 0.366 e. The summed E-state index contributed by atoms with van der Waals surface area (Å²) in [6.07, 6.45) is 2.04. The quantitative estimate of drug-likeness (QED) is 0.192. The fraction of sp³-hybridized carbons (Fsp3) is 0.389. The van der Waals surface area contributed by atoms with Crippen molar-refractivity contribution in [1.82, 2.24) is 19.8 Å². The molecule has 0 saturated carbocycles. The molecule has 0 aliphatic carbocycles. The number of hydrogen-bond acceptors (Lipinski definition) is 10. The number of pyridine rings is 2. The van der Waals surface area contributed by atoms with E-state index in [1.54, 1.807) is 12.1 Å². The minimum absolute atomic E-state index is 0.0467. The van der Waals surface area contributed by atoms with Crippen molar-refractivity contribution in [2.45, 2.75) is 86.8 Å². The van der Waals surface area contributed by atoms with Crippen LogP contribution in [0, 0.1) is 5.95 Å². The summed E-state index contributed by atoms with van der Waals surface area (Å²) in [6.45, 7) is 12.8. The molecule has 7 N–H and O–H groups in total. The maximum atomic E-state index is 12.3. The molecule has 0 radical (unpaired) electrons. The van der Waals surface area contributed by atoms with E-state index < -0.39 is 31.0 Å². The first-order valence-corrected chi connectivity index (χ1v) is 19.7. The Labute approximate surface area is 301 Å². The van der Waals surface area contributed by atoms with Gasteiger partial charge in [0.05, 0.1) is 0 Å². The van der Waals surface area contributed by atoms with Gasteiger partial charge in [-0.25, -0.2) is 37.1 Å². The number of hydrogen-bond donors (Lipinski definition) is 4. The summed E-state index contributed by atoms with van der Waals surface area (Å²) >= 11 is 0. The zero-order valence-electron chi connectivity index (χ0n) is 29.5. The van der Waals surface area contributed by atoms with Gasteiger partial charge < -0.3 is 11.1 Å². The Morgan fingerprint density at radius 3 is 1.61 bits per heavy atom. The zero-order valence-corrected chi connectivity index (χ0v) is 31.1. The summed E-state index contributed by atoms with van der Waals surface area (Å²) in [4.78, 5) is 12.1. The lowest BCUT2D eigenvalue weighted by atomic mass is 10.00. The maximum absolute atomic E-state index is 12.3. The van der Waals surface area contributed by atoms with Crippen LogP contribution in [0.15, 0.2) is 107 Å². The molecule has 2 fully saturated rings. The van der Waals surface area contributed by atoms with Gasteiger partial charge in [0, 0.05) is 49.3 Å². The van der Waals surface area contributed by atoms with Gasteiger partial charge in [0.1, 0.15) is 5.82 Å². The molecule has 2 atom stereocenters.